The molecule has 1 heterocycles. The summed E-state index contributed by atoms with van der Waals surface area (Å²) in [4.78, 5) is 21.0. The summed E-state index contributed by atoms with van der Waals surface area (Å²) in [5.41, 5.74) is 2.81. The number of rotatable bonds is 6. The number of hydrogen-bond acceptors (Lipinski definition) is 4. The standard InChI is InChI=1S/C21H20FN3O2/c1-14-19(13-24-20(25-14)16-5-7-17(22)8-6-16)21(26)23-12-11-15-3-9-18(27-2)10-4-15/h3-10,13H,11-12H2,1-2H3,(H,23,26). The lowest BCUT2D eigenvalue weighted by molar-refractivity contribution is 0.0952. The fraction of sp³-hybridized carbons (Fsp3) is 0.190. The molecule has 0 aliphatic heterocycles. The molecule has 0 atom stereocenters. The highest BCUT2D eigenvalue weighted by atomic mass is 19.1. The van der Waals surface area contributed by atoms with Gasteiger partial charge in [-0.25, -0.2) is 14.4 Å². The number of hydrogen-bond donors (Lipinski definition) is 1. The number of ether oxygens (including phenoxy) is 1. The predicted octanol–water partition coefficient (Wildman–Crippen LogP) is 3.57. The number of methoxy groups -OCH3 is 1. The van der Waals surface area contributed by atoms with Gasteiger partial charge in [0.25, 0.3) is 5.91 Å². The molecule has 6 heteroatoms. The van der Waals surface area contributed by atoms with Crippen molar-refractivity contribution in [1.29, 1.82) is 0 Å². The van der Waals surface area contributed by atoms with Gasteiger partial charge in [-0.1, -0.05) is 12.1 Å². The lowest BCUT2D eigenvalue weighted by Crippen LogP contribution is -2.27. The Hall–Kier alpha value is -3.28. The number of halogens is 1. The summed E-state index contributed by atoms with van der Waals surface area (Å²) in [7, 11) is 1.63. The van der Waals surface area contributed by atoms with Gasteiger partial charge in [-0.05, 0) is 55.3 Å². The maximum atomic E-state index is 13.0. The summed E-state index contributed by atoms with van der Waals surface area (Å²) in [5.74, 6) is 0.731. The molecule has 0 saturated carbocycles. The zero-order chi connectivity index (χ0) is 19.2. The minimum Gasteiger partial charge on any atom is -0.497 e. The second-order valence-corrected chi connectivity index (χ2v) is 6.05. The summed E-state index contributed by atoms with van der Waals surface area (Å²) >= 11 is 0. The molecular weight excluding hydrogens is 345 g/mol. The van der Waals surface area contributed by atoms with Crippen LogP contribution in [0.1, 0.15) is 21.6 Å². The Morgan fingerprint density at radius 3 is 2.44 bits per heavy atom. The van der Waals surface area contributed by atoms with Crippen LogP contribution in [0.4, 0.5) is 4.39 Å². The van der Waals surface area contributed by atoms with Crippen molar-refractivity contribution in [2.75, 3.05) is 13.7 Å². The first-order chi connectivity index (χ1) is 13.1. The number of aromatic nitrogens is 2. The van der Waals surface area contributed by atoms with Crippen LogP contribution in [0.5, 0.6) is 5.75 Å². The van der Waals surface area contributed by atoms with Crippen molar-refractivity contribution in [3.63, 3.8) is 0 Å². The van der Waals surface area contributed by atoms with Crippen molar-refractivity contribution >= 4 is 5.91 Å². The smallest absolute Gasteiger partial charge is 0.254 e. The number of carbonyl (C=O) groups excluding carboxylic acids is 1. The van der Waals surface area contributed by atoms with Crippen molar-refractivity contribution < 1.29 is 13.9 Å². The third kappa shape index (κ3) is 4.67. The maximum absolute atomic E-state index is 13.0. The fourth-order valence-corrected chi connectivity index (χ4v) is 2.64. The van der Waals surface area contributed by atoms with Crippen molar-refractivity contribution in [2.45, 2.75) is 13.3 Å². The average molecular weight is 365 g/mol. The van der Waals surface area contributed by atoms with E-state index in [9.17, 15) is 9.18 Å². The van der Waals surface area contributed by atoms with E-state index in [0.717, 1.165) is 11.3 Å². The van der Waals surface area contributed by atoms with Crippen LogP contribution < -0.4 is 10.1 Å². The third-order valence-corrected chi connectivity index (χ3v) is 4.18. The Labute approximate surface area is 157 Å². The lowest BCUT2D eigenvalue weighted by Gasteiger charge is -2.09. The van der Waals surface area contributed by atoms with Crippen molar-refractivity contribution in [1.82, 2.24) is 15.3 Å². The summed E-state index contributed by atoms with van der Waals surface area (Å²) < 4.78 is 18.2. The molecule has 1 amide bonds. The van der Waals surface area contributed by atoms with E-state index >= 15 is 0 Å². The SMILES string of the molecule is COc1ccc(CCNC(=O)c2cnc(-c3ccc(F)cc3)nc2C)cc1. The summed E-state index contributed by atoms with van der Waals surface area (Å²) in [6.07, 6.45) is 2.22. The molecule has 5 nitrogen and oxygen atoms in total. The Balaban J connectivity index is 1.61. The summed E-state index contributed by atoms with van der Waals surface area (Å²) in [5, 5.41) is 2.88. The van der Waals surface area contributed by atoms with Gasteiger partial charge in [0.1, 0.15) is 11.6 Å². The highest BCUT2D eigenvalue weighted by Gasteiger charge is 2.12. The number of carbonyl (C=O) groups is 1. The molecule has 3 aromatic rings. The average Bonchev–Trinajstić information content (AvgIpc) is 2.69. The molecule has 2 aromatic carbocycles. The topological polar surface area (TPSA) is 64.1 Å². The molecule has 0 saturated heterocycles. The first-order valence-corrected chi connectivity index (χ1v) is 8.57. The van der Waals surface area contributed by atoms with E-state index in [2.05, 4.69) is 15.3 Å². The van der Waals surface area contributed by atoms with Crippen LogP contribution in [0.3, 0.4) is 0 Å². The monoisotopic (exact) mass is 365 g/mol. The normalized spacial score (nSPS) is 10.5. The first kappa shape index (κ1) is 18.5. The number of nitrogens with one attached hydrogen (secondary N) is 1. The van der Waals surface area contributed by atoms with Gasteiger partial charge in [0, 0.05) is 18.3 Å². The Morgan fingerprint density at radius 1 is 1.11 bits per heavy atom. The molecule has 0 aliphatic carbocycles. The molecule has 0 fully saturated rings. The quantitative estimate of drug-likeness (QED) is 0.725. The van der Waals surface area contributed by atoms with E-state index in [4.69, 9.17) is 4.74 Å². The van der Waals surface area contributed by atoms with E-state index < -0.39 is 0 Å². The molecule has 3 rings (SSSR count). The zero-order valence-corrected chi connectivity index (χ0v) is 15.2. The van der Waals surface area contributed by atoms with Crippen LogP contribution in [0, 0.1) is 12.7 Å². The first-order valence-electron chi connectivity index (χ1n) is 8.57. The third-order valence-electron chi connectivity index (χ3n) is 4.18. The summed E-state index contributed by atoms with van der Waals surface area (Å²) in [6.45, 7) is 2.26. The van der Waals surface area contributed by atoms with Crippen molar-refractivity contribution in [3.8, 4) is 17.1 Å². The Morgan fingerprint density at radius 2 is 1.81 bits per heavy atom. The fourth-order valence-electron chi connectivity index (χ4n) is 2.64. The molecule has 0 unspecified atom stereocenters. The van der Waals surface area contributed by atoms with Crippen molar-refractivity contribution in [2.24, 2.45) is 0 Å². The van der Waals surface area contributed by atoms with Gasteiger partial charge in [-0.15, -0.1) is 0 Å². The van der Waals surface area contributed by atoms with Gasteiger partial charge in [-0.2, -0.15) is 0 Å². The van der Waals surface area contributed by atoms with Crippen LogP contribution >= 0.6 is 0 Å². The second kappa shape index (κ2) is 8.40. The molecular formula is C21H20FN3O2. The summed E-state index contributed by atoms with van der Waals surface area (Å²) in [6, 6.07) is 13.7. The van der Waals surface area contributed by atoms with Crippen molar-refractivity contribution in [3.05, 3.63) is 77.4 Å². The Kier molecular flexibility index (Phi) is 5.76. The van der Waals surface area contributed by atoms with E-state index in [-0.39, 0.29) is 11.7 Å². The highest BCUT2D eigenvalue weighted by Crippen LogP contribution is 2.17. The Bertz CT molecular complexity index is 925. The van der Waals surface area contributed by atoms with Gasteiger partial charge in [-0.3, -0.25) is 4.79 Å². The van der Waals surface area contributed by atoms with Crippen LogP contribution in [0.25, 0.3) is 11.4 Å². The molecule has 1 N–H and O–H groups in total. The van der Waals surface area contributed by atoms with E-state index in [1.165, 1.54) is 18.3 Å². The number of amides is 1. The van der Waals surface area contributed by atoms with Gasteiger partial charge in [0.15, 0.2) is 5.82 Å². The van der Waals surface area contributed by atoms with Crippen LogP contribution in [-0.2, 0) is 6.42 Å². The van der Waals surface area contributed by atoms with Crippen LogP contribution in [-0.4, -0.2) is 29.5 Å². The van der Waals surface area contributed by atoms with Gasteiger partial charge < -0.3 is 10.1 Å². The van der Waals surface area contributed by atoms with Gasteiger partial charge in [0.2, 0.25) is 0 Å². The molecule has 0 bridgehead atoms. The van der Waals surface area contributed by atoms with E-state index in [0.29, 0.717) is 35.6 Å². The molecule has 0 spiro atoms. The molecule has 138 valence electrons. The molecule has 0 aliphatic rings. The molecule has 1 aromatic heterocycles. The predicted molar refractivity (Wildman–Crippen MR) is 101 cm³/mol. The number of aryl methyl sites for hydroxylation is 1. The largest absolute Gasteiger partial charge is 0.497 e. The molecule has 27 heavy (non-hydrogen) atoms. The zero-order valence-electron chi connectivity index (χ0n) is 15.2. The van der Waals surface area contributed by atoms with Crippen LogP contribution in [0.2, 0.25) is 0 Å². The molecule has 0 radical (unpaired) electrons. The number of benzene rings is 2. The lowest BCUT2D eigenvalue weighted by atomic mass is 10.1. The van der Waals surface area contributed by atoms with Gasteiger partial charge >= 0.3 is 0 Å². The van der Waals surface area contributed by atoms with Crippen LogP contribution in [0.15, 0.2) is 54.7 Å². The minimum absolute atomic E-state index is 0.216. The number of nitrogens with zero attached hydrogens (tertiary/aromatic N) is 2. The van der Waals surface area contributed by atoms with E-state index in [1.807, 2.05) is 24.3 Å². The second-order valence-electron chi connectivity index (χ2n) is 6.05. The maximum Gasteiger partial charge on any atom is 0.254 e. The van der Waals surface area contributed by atoms with E-state index in [1.54, 1.807) is 26.2 Å². The van der Waals surface area contributed by atoms with Gasteiger partial charge in [0.05, 0.1) is 18.4 Å². The highest BCUT2D eigenvalue weighted by molar-refractivity contribution is 5.95. The minimum atomic E-state index is -0.316.